The molecule has 3 aromatic rings. The van der Waals surface area contributed by atoms with Gasteiger partial charge in [-0.2, -0.15) is 0 Å². The third-order valence-corrected chi connectivity index (χ3v) is 5.14. The van der Waals surface area contributed by atoms with E-state index >= 15 is 0 Å². The van der Waals surface area contributed by atoms with Crippen LogP contribution in [0.15, 0.2) is 72.8 Å². The van der Waals surface area contributed by atoms with E-state index in [2.05, 4.69) is 20.8 Å². The molecule has 6 heteroatoms. The summed E-state index contributed by atoms with van der Waals surface area (Å²) in [5.74, 6) is -0.561. The molecule has 1 heterocycles. The van der Waals surface area contributed by atoms with E-state index in [0.717, 1.165) is 10.5 Å². The fourth-order valence-corrected chi connectivity index (χ4v) is 3.62. The van der Waals surface area contributed by atoms with Gasteiger partial charge in [0.05, 0.1) is 16.8 Å². The van der Waals surface area contributed by atoms with Crippen molar-refractivity contribution in [1.82, 2.24) is 0 Å². The van der Waals surface area contributed by atoms with Gasteiger partial charge in [-0.15, -0.1) is 0 Å². The largest absolute Gasteiger partial charge is 0.482 e. The Morgan fingerprint density at radius 2 is 1.47 bits per heavy atom. The molecule has 3 aromatic carbocycles. The number of esters is 1. The maximum atomic E-state index is 12.7. The third-order valence-electron chi connectivity index (χ3n) is 5.14. The van der Waals surface area contributed by atoms with Crippen LogP contribution in [0.2, 0.25) is 0 Å². The number of ether oxygens (including phenoxy) is 2. The van der Waals surface area contributed by atoms with Crippen molar-refractivity contribution in [2.75, 3.05) is 11.5 Å². The highest BCUT2D eigenvalue weighted by Crippen LogP contribution is 2.32. The van der Waals surface area contributed by atoms with Crippen LogP contribution >= 0.6 is 0 Å². The van der Waals surface area contributed by atoms with Crippen LogP contribution in [0.3, 0.4) is 0 Å². The lowest BCUT2D eigenvalue weighted by Crippen LogP contribution is -2.29. The molecule has 1 aliphatic heterocycles. The number of imide groups is 1. The lowest BCUT2D eigenvalue weighted by atomic mass is 9.86. The minimum Gasteiger partial charge on any atom is -0.482 e. The van der Waals surface area contributed by atoms with Gasteiger partial charge >= 0.3 is 5.97 Å². The number of hydrogen-bond donors (Lipinski definition) is 0. The summed E-state index contributed by atoms with van der Waals surface area (Å²) in [6.07, 6.45) is 0. The van der Waals surface area contributed by atoms with Crippen molar-refractivity contribution in [3.63, 3.8) is 0 Å². The molecule has 0 unspecified atom stereocenters. The van der Waals surface area contributed by atoms with E-state index in [1.54, 1.807) is 42.5 Å². The monoisotopic (exact) mass is 429 g/mol. The predicted octanol–water partition coefficient (Wildman–Crippen LogP) is 4.77. The van der Waals surface area contributed by atoms with Gasteiger partial charge in [0.2, 0.25) is 0 Å². The van der Waals surface area contributed by atoms with Crippen LogP contribution in [0.1, 0.15) is 47.1 Å². The fraction of sp³-hybridized carbons (Fsp3) is 0.192. The second-order valence-corrected chi connectivity index (χ2v) is 8.50. The molecule has 0 aromatic heterocycles. The van der Waals surface area contributed by atoms with Crippen LogP contribution < -0.4 is 14.4 Å². The van der Waals surface area contributed by atoms with Gasteiger partial charge in [-0.05, 0) is 41.3 Å². The first-order chi connectivity index (χ1) is 15.3. The standard InChI is InChI=1S/C26H23NO5/c1-26(2,3)21-13-6-7-14-22(21)31-16-23(28)32-18-10-8-9-17(15-18)27-24(29)19-11-4-5-12-20(19)25(27)30/h4-15H,16H2,1-3H3. The summed E-state index contributed by atoms with van der Waals surface area (Å²) in [4.78, 5) is 38.9. The zero-order valence-corrected chi connectivity index (χ0v) is 18.1. The summed E-state index contributed by atoms with van der Waals surface area (Å²) in [6, 6.07) is 20.5. The van der Waals surface area contributed by atoms with E-state index in [1.165, 1.54) is 6.07 Å². The summed E-state index contributed by atoms with van der Waals surface area (Å²) in [5.41, 5.74) is 1.89. The summed E-state index contributed by atoms with van der Waals surface area (Å²) >= 11 is 0. The summed E-state index contributed by atoms with van der Waals surface area (Å²) in [5, 5.41) is 0. The smallest absolute Gasteiger partial charge is 0.349 e. The normalized spacial score (nSPS) is 13.2. The number of amides is 2. The Balaban J connectivity index is 1.46. The number of hydrogen-bond acceptors (Lipinski definition) is 5. The Morgan fingerprint density at radius 1 is 0.844 bits per heavy atom. The molecule has 0 saturated heterocycles. The lowest BCUT2D eigenvalue weighted by molar-refractivity contribution is -0.136. The first-order valence-electron chi connectivity index (χ1n) is 10.3. The fourth-order valence-electron chi connectivity index (χ4n) is 3.62. The van der Waals surface area contributed by atoms with Gasteiger partial charge < -0.3 is 9.47 Å². The average Bonchev–Trinajstić information content (AvgIpc) is 3.02. The number of nitrogens with zero attached hydrogens (tertiary/aromatic N) is 1. The third kappa shape index (κ3) is 4.12. The van der Waals surface area contributed by atoms with Gasteiger partial charge in [-0.25, -0.2) is 9.69 Å². The minimum atomic E-state index is -0.590. The van der Waals surface area contributed by atoms with E-state index in [-0.39, 0.29) is 17.8 Å². The van der Waals surface area contributed by atoms with Crippen LogP contribution in [0.4, 0.5) is 5.69 Å². The Bertz CT molecular complexity index is 1170. The molecule has 0 radical (unpaired) electrons. The van der Waals surface area contributed by atoms with E-state index < -0.39 is 17.8 Å². The molecular weight excluding hydrogens is 406 g/mol. The molecule has 0 N–H and O–H groups in total. The van der Waals surface area contributed by atoms with Gasteiger partial charge in [0.15, 0.2) is 6.61 Å². The molecule has 6 nitrogen and oxygen atoms in total. The molecule has 32 heavy (non-hydrogen) atoms. The maximum absolute atomic E-state index is 12.7. The molecule has 0 bridgehead atoms. The highest BCUT2D eigenvalue weighted by atomic mass is 16.6. The van der Waals surface area contributed by atoms with E-state index in [0.29, 0.717) is 22.6 Å². The number of rotatable bonds is 5. The Labute approximate surface area is 186 Å². The van der Waals surface area contributed by atoms with Crippen LogP contribution in [0.25, 0.3) is 0 Å². The predicted molar refractivity (Wildman–Crippen MR) is 120 cm³/mol. The number of carbonyl (C=O) groups is 3. The number of para-hydroxylation sites is 1. The summed E-state index contributed by atoms with van der Waals surface area (Å²) < 4.78 is 11.1. The van der Waals surface area contributed by atoms with Gasteiger partial charge in [-0.3, -0.25) is 9.59 Å². The van der Waals surface area contributed by atoms with Crippen molar-refractivity contribution in [1.29, 1.82) is 0 Å². The Kier molecular flexibility index (Phi) is 5.53. The van der Waals surface area contributed by atoms with Crippen molar-refractivity contribution in [3.8, 4) is 11.5 Å². The molecule has 0 saturated carbocycles. The topological polar surface area (TPSA) is 72.9 Å². The van der Waals surface area contributed by atoms with Gasteiger partial charge in [0.1, 0.15) is 11.5 Å². The molecule has 0 spiro atoms. The maximum Gasteiger partial charge on any atom is 0.349 e. The van der Waals surface area contributed by atoms with Gasteiger partial charge in [-0.1, -0.05) is 57.2 Å². The quantitative estimate of drug-likeness (QED) is 0.332. The van der Waals surface area contributed by atoms with Crippen LogP contribution in [0.5, 0.6) is 11.5 Å². The lowest BCUT2D eigenvalue weighted by Gasteiger charge is -2.22. The molecule has 2 amide bonds. The first kappa shape index (κ1) is 21.3. The molecule has 0 atom stereocenters. The number of carbonyl (C=O) groups excluding carboxylic acids is 3. The summed E-state index contributed by atoms with van der Waals surface area (Å²) in [7, 11) is 0. The van der Waals surface area contributed by atoms with E-state index in [4.69, 9.17) is 9.47 Å². The highest BCUT2D eigenvalue weighted by molar-refractivity contribution is 6.34. The Hall–Kier alpha value is -3.93. The SMILES string of the molecule is CC(C)(C)c1ccccc1OCC(=O)Oc1cccc(N2C(=O)c3ccccc3C2=O)c1. The minimum absolute atomic E-state index is 0.138. The van der Waals surface area contributed by atoms with Crippen molar-refractivity contribution in [3.05, 3.63) is 89.5 Å². The molecule has 0 aliphatic carbocycles. The zero-order chi connectivity index (χ0) is 22.9. The van der Waals surface area contributed by atoms with Crippen molar-refractivity contribution in [2.45, 2.75) is 26.2 Å². The van der Waals surface area contributed by atoms with Gasteiger partial charge in [0.25, 0.3) is 11.8 Å². The molecular formula is C26H23NO5. The van der Waals surface area contributed by atoms with Gasteiger partial charge in [0, 0.05) is 6.07 Å². The zero-order valence-electron chi connectivity index (χ0n) is 18.1. The number of fused-ring (bicyclic) bond motifs is 1. The number of anilines is 1. The van der Waals surface area contributed by atoms with Crippen molar-refractivity contribution < 1.29 is 23.9 Å². The highest BCUT2D eigenvalue weighted by Gasteiger charge is 2.36. The van der Waals surface area contributed by atoms with Crippen molar-refractivity contribution >= 4 is 23.5 Å². The van der Waals surface area contributed by atoms with Crippen LogP contribution in [0, 0.1) is 0 Å². The van der Waals surface area contributed by atoms with Crippen LogP contribution in [-0.4, -0.2) is 24.4 Å². The van der Waals surface area contributed by atoms with Crippen molar-refractivity contribution in [2.24, 2.45) is 0 Å². The molecule has 1 aliphatic rings. The average molecular weight is 429 g/mol. The summed E-state index contributed by atoms with van der Waals surface area (Å²) in [6.45, 7) is 5.93. The number of benzene rings is 3. The van der Waals surface area contributed by atoms with E-state index in [1.807, 2.05) is 24.3 Å². The second-order valence-electron chi connectivity index (χ2n) is 8.50. The molecule has 0 fully saturated rings. The molecule has 162 valence electrons. The molecule has 4 rings (SSSR count). The second kappa shape index (κ2) is 8.30. The first-order valence-corrected chi connectivity index (χ1v) is 10.3. The Morgan fingerprint density at radius 3 is 2.12 bits per heavy atom. The van der Waals surface area contributed by atoms with E-state index in [9.17, 15) is 14.4 Å². The van der Waals surface area contributed by atoms with Crippen LogP contribution in [-0.2, 0) is 10.2 Å².